The van der Waals surface area contributed by atoms with E-state index in [4.69, 9.17) is 0 Å². The third-order valence-corrected chi connectivity index (χ3v) is 5.87. The largest absolute Gasteiger partial charge is 0.481 e. The minimum absolute atomic E-state index is 0.0607. The molecule has 7 heteroatoms. The van der Waals surface area contributed by atoms with Gasteiger partial charge in [-0.3, -0.25) is 9.59 Å². The number of benzene rings is 1. The average Bonchev–Trinajstić information content (AvgIpc) is 3.21. The van der Waals surface area contributed by atoms with Crippen molar-refractivity contribution in [2.75, 3.05) is 26.7 Å². The van der Waals surface area contributed by atoms with E-state index >= 15 is 0 Å². The van der Waals surface area contributed by atoms with Crippen molar-refractivity contribution in [2.24, 2.45) is 11.3 Å². The summed E-state index contributed by atoms with van der Waals surface area (Å²) in [5.41, 5.74) is 0.281. The van der Waals surface area contributed by atoms with Gasteiger partial charge in [0.1, 0.15) is 0 Å². The number of aliphatic carboxylic acids is 1. The van der Waals surface area contributed by atoms with Crippen molar-refractivity contribution in [2.45, 2.75) is 32.2 Å². The molecule has 0 aromatic heterocycles. The normalized spacial score (nSPS) is 23.7. The van der Waals surface area contributed by atoms with E-state index in [1.807, 2.05) is 30.3 Å². The maximum atomic E-state index is 12.5. The minimum atomic E-state index is -0.781. The number of fused-ring (bicyclic) bond motifs is 1. The summed E-state index contributed by atoms with van der Waals surface area (Å²) >= 11 is 0. The number of hydrogen-bond acceptors (Lipinski definition) is 3. The molecule has 1 aromatic rings. The molecule has 0 spiro atoms. The van der Waals surface area contributed by atoms with Gasteiger partial charge in [-0.25, -0.2) is 4.79 Å². The Morgan fingerprint density at radius 1 is 1.30 bits per heavy atom. The van der Waals surface area contributed by atoms with Gasteiger partial charge in [-0.15, -0.1) is 0 Å². The van der Waals surface area contributed by atoms with Gasteiger partial charge in [0.15, 0.2) is 0 Å². The predicted octanol–water partition coefficient (Wildman–Crippen LogP) is 1.93. The van der Waals surface area contributed by atoms with Gasteiger partial charge >= 0.3 is 12.0 Å². The van der Waals surface area contributed by atoms with Crippen LogP contribution in [0.1, 0.15) is 31.2 Å². The number of likely N-dealkylation sites (tertiary alicyclic amines) is 1. The van der Waals surface area contributed by atoms with E-state index in [1.165, 1.54) is 0 Å². The van der Waals surface area contributed by atoms with Crippen LogP contribution in [0.15, 0.2) is 30.3 Å². The lowest BCUT2D eigenvalue weighted by atomic mass is 9.81. The summed E-state index contributed by atoms with van der Waals surface area (Å²) in [5.74, 6) is -0.808. The van der Waals surface area contributed by atoms with Crippen LogP contribution in [0, 0.1) is 11.3 Å². The first-order valence-corrected chi connectivity index (χ1v) is 9.46. The molecular formula is C20H27N3O4. The van der Waals surface area contributed by atoms with Crippen molar-refractivity contribution in [3.8, 4) is 0 Å². The Morgan fingerprint density at radius 2 is 2.04 bits per heavy atom. The topological polar surface area (TPSA) is 90.0 Å². The van der Waals surface area contributed by atoms with Gasteiger partial charge in [-0.2, -0.15) is 0 Å². The summed E-state index contributed by atoms with van der Waals surface area (Å²) in [6.07, 6.45) is 2.63. The highest BCUT2D eigenvalue weighted by Gasteiger charge is 2.55. The van der Waals surface area contributed by atoms with Gasteiger partial charge in [0.2, 0.25) is 5.91 Å². The van der Waals surface area contributed by atoms with Crippen molar-refractivity contribution < 1.29 is 19.5 Å². The van der Waals surface area contributed by atoms with E-state index in [0.29, 0.717) is 26.1 Å². The molecule has 3 amide bonds. The molecule has 146 valence electrons. The Bertz CT molecular complexity index is 708. The number of urea groups is 1. The maximum Gasteiger partial charge on any atom is 0.317 e. The molecule has 2 atom stereocenters. The molecule has 0 radical (unpaired) electrons. The van der Waals surface area contributed by atoms with Crippen LogP contribution in [-0.2, 0) is 16.1 Å². The van der Waals surface area contributed by atoms with Crippen LogP contribution in [-0.4, -0.2) is 59.5 Å². The van der Waals surface area contributed by atoms with Gasteiger partial charge in [0.05, 0.1) is 5.41 Å². The van der Waals surface area contributed by atoms with Crippen molar-refractivity contribution >= 4 is 17.9 Å². The van der Waals surface area contributed by atoms with Crippen LogP contribution in [0.25, 0.3) is 0 Å². The lowest BCUT2D eigenvalue weighted by molar-refractivity contribution is -0.149. The second-order valence-corrected chi connectivity index (χ2v) is 7.65. The highest BCUT2D eigenvalue weighted by Crippen LogP contribution is 2.48. The Kier molecular flexibility index (Phi) is 5.68. The Morgan fingerprint density at radius 3 is 2.70 bits per heavy atom. The molecule has 1 aromatic carbocycles. The predicted molar refractivity (Wildman–Crippen MR) is 99.9 cm³/mol. The molecule has 27 heavy (non-hydrogen) atoms. The lowest BCUT2D eigenvalue weighted by Gasteiger charge is -2.23. The first-order valence-electron chi connectivity index (χ1n) is 9.46. The zero-order valence-electron chi connectivity index (χ0n) is 15.7. The van der Waals surface area contributed by atoms with Gasteiger partial charge < -0.3 is 20.2 Å². The van der Waals surface area contributed by atoms with E-state index in [9.17, 15) is 19.5 Å². The fourth-order valence-electron chi connectivity index (χ4n) is 4.33. The fraction of sp³-hybridized carbons (Fsp3) is 0.550. The highest BCUT2D eigenvalue weighted by molar-refractivity contribution is 5.82. The molecule has 2 N–H and O–H groups in total. The van der Waals surface area contributed by atoms with Crippen LogP contribution in [0.2, 0.25) is 0 Å². The SMILES string of the molecule is CN(Cc1ccccc1)C(=O)NCCC(=O)N1C[C@@H]2CCC[C@@]2(C(=O)O)C1. The number of hydrogen-bond donors (Lipinski definition) is 2. The molecule has 1 aliphatic carbocycles. The zero-order chi connectivity index (χ0) is 19.4. The van der Waals surface area contributed by atoms with Crippen LogP contribution in [0.5, 0.6) is 0 Å². The molecule has 2 aliphatic rings. The number of carbonyl (C=O) groups excluding carboxylic acids is 2. The average molecular weight is 373 g/mol. The van der Waals surface area contributed by atoms with E-state index in [2.05, 4.69) is 5.32 Å². The van der Waals surface area contributed by atoms with Gasteiger partial charge in [0, 0.05) is 39.6 Å². The molecule has 1 saturated carbocycles. The molecule has 0 unspecified atom stereocenters. The Balaban J connectivity index is 1.43. The molecule has 3 rings (SSSR count). The first-order chi connectivity index (χ1) is 12.9. The molecule has 2 fully saturated rings. The molecule has 0 bridgehead atoms. The van der Waals surface area contributed by atoms with E-state index in [-0.39, 0.29) is 30.8 Å². The molecule has 1 heterocycles. The third-order valence-electron chi connectivity index (χ3n) is 5.87. The van der Waals surface area contributed by atoms with Crippen LogP contribution in [0.4, 0.5) is 4.79 Å². The van der Waals surface area contributed by atoms with Crippen molar-refractivity contribution in [3.05, 3.63) is 35.9 Å². The Hall–Kier alpha value is -2.57. The standard InChI is InChI=1S/C20H27N3O4/c1-22(12-15-6-3-2-4-7-15)19(27)21-11-9-17(24)23-13-16-8-5-10-20(16,14-23)18(25)26/h2-4,6-7,16H,5,8-14H2,1H3,(H,21,27)(H,25,26)/t16-,20+/m0/s1. The van der Waals surface area contributed by atoms with Crippen molar-refractivity contribution in [3.63, 3.8) is 0 Å². The van der Waals surface area contributed by atoms with Crippen LogP contribution < -0.4 is 5.32 Å². The summed E-state index contributed by atoms with van der Waals surface area (Å²) in [6, 6.07) is 9.46. The monoisotopic (exact) mass is 373 g/mol. The van der Waals surface area contributed by atoms with Gasteiger partial charge in [0.25, 0.3) is 0 Å². The maximum absolute atomic E-state index is 12.5. The second-order valence-electron chi connectivity index (χ2n) is 7.65. The third kappa shape index (κ3) is 4.07. The summed E-state index contributed by atoms with van der Waals surface area (Å²) in [7, 11) is 1.71. The number of nitrogens with one attached hydrogen (secondary N) is 1. The molecule has 7 nitrogen and oxygen atoms in total. The minimum Gasteiger partial charge on any atom is -0.481 e. The molecule has 1 aliphatic heterocycles. The fourth-order valence-corrected chi connectivity index (χ4v) is 4.33. The van der Waals surface area contributed by atoms with Gasteiger partial charge in [-0.1, -0.05) is 36.8 Å². The number of rotatable bonds is 6. The molecule has 1 saturated heterocycles. The second kappa shape index (κ2) is 7.98. The quantitative estimate of drug-likeness (QED) is 0.797. The number of amides is 3. The lowest BCUT2D eigenvalue weighted by Crippen LogP contribution is -2.40. The number of carbonyl (C=O) groups is 3. The Labute approximate surface area is 159 Å². The van der Waals surface area contributed by atoms with Crippen molar-refractivity contribution in [1.82, 2.24) is 15.1 Å². The van der Waals surface area contributed by atoms with E-state index in [0.717, 1.165) is 18.4 Å². The summed E-state index contributed by atoms with van der Waals surface area (Å²) in [4.78, 5) is 39.5. The zero-order valence-corrected chi connectivity index (χ0v) is 15.7. The molecular weight excluding hydrogens is 346 g/mol. The number of carboxylic acids is 1. The summed E-state index contributed by atoms with van der Waals surface area (Å²) < 4.78 is 0. The summed E-state index contributed by atoms with van der Waals surface area (Å²) in [5, 5.41) is 12.4. The van der Waals surface area contributed by atoms with E-state index < -0.39 is 11.4 Å². The number of carboxylic acid groups (broad SMARTS) is 1. The van der Waals surface area contributed by atoms with Crippen LogP contribution >= 0.6 is 0 Å². The van der Waals surface area contributed by atoms with Gasteiger partial charge in [-0.05, 0) is 24.3 Å². The highest BCUT2D eigenvalue weighted by atomic mass is 16.4. The first kappa shape index (κ1) is 19.2. The van der Waals surface area contributed by atoms with Crippen molar-refractivity contribution in [1.29, 1.82) is 0 Å². The van der Waals surface area contributed by atoms with Crippen LogP contribution in [0.3, 0.4) is 0 Å². The van der Waals surface area contributed by atoms with E-state index in [1.54, 1.807) is 16.8 Å². The number of nitrogens with zero attached hydrogens (tertiary/aromatic N) is 2. The smallest absolute Gasteiger partial charge is 0.317 e. The summed E-state index contributed by atoms with van der Waals surface area (Å²) in [6.45, 7) is 1.56.